The molecule has 36 heavy (non-hydrogen) atoms. The number of alkyl halides is 3. The van der Waals surface area contributed by atoms with Crippen LogP contribution >= 0.6 is 0 Å². The fraction of sp³-hybridized carbons (Fsp3) is 0.333. The summed E-state index contributed by atoms with van der Waals surface area (Å²) in [7, 11) is 3.62. The molecule has 0 amide bonds. The molecular formula is C24H25F3N8O. The average Bonchev–Trinajstić information content (AvgIpc) is 3.49. The lowest BCUT2D eigenvalue weighted by Gasteiger charge is -2.24. The predicted molar refractivity (Wildman–Crippen MR) is 128 cm³/mol. The van der Waals surface area contributed by atoms with E-state index in [0.29, 0.717) is 23.0 Å². The molecule has 1 aliphatic heterocycles. The first-order valence-electron chi connectivity index (χ1n) is 11.3. The van der Waals surface area contributed by atoms with Crippen molar-refractivity contribution in [1.29, 1.82) is 0 Å². The molecule has 0 saturated heterocycles. The van der Waals surface area contributed by atoms with Gasteiger partial charge in [-0.25, -0.2) is 4.98 Å². The van der Waals surface area contributed by atoms with Crippen LogP contribution in [0.4, 0.5) is 24.8 Å². The summed E-state index contributed by atoms with van der Waals surface area (Å²) in [4.78, 5) is 6.11. The maximum atomic E-state index is 13.7. The van der Waals surface area contributed by atoms with E-state index in [2.05, 4.69) is 25.6 Å². The number of benzene rings is 1. The van der Waals surface area contributed by atoms with E-state index in [0.717, 1.165) is 17.3 Å². The molecule has 0 spiro atoms. The zero-order valence-electron chi connectivity index (χ0n) is 20.1. The van der Waals surface area contributed by atoms with Crippen molar-refractivity contribution >= 4 is 11.6 Å². The Morgan fingerprint density at radius 2 is 1.94 bits per heavy atom. The molecule has 1 unspecified atom stereocenters. The smallest absolute Gasteiger partial charge is 0.369 e. The molecule has 1 atom stereocenters. The number of aliphatic hydroxyl groups excluding tert-OH is 1. The second-order valence-electron chi connectivity index (χ2n) is 9.07. The molecule has 0 fully saturated rings. The number of aliphatic hydroxyl groups is 1. The Morgan fingerprint density at radius 1 is 1.17 bits per heavy atom. The highest BCUT2D eigenvalue weighted by atomic mass is 19.4. The van der Waals surface area contributed by atoms with Crippen molar-refractivity contribution in [2.45, 2.75) is 38.8 Å². The summed E-state index contributed by atoms with van der Waals surface area (Å²) < 4.78 is 44.5. The molecule has 0 saturated carbocycles. The summed E-state index contributed by atoms with van der Waals surface area (Å²) >= 11 is 0. The standard InChI is InChI=1S/C24H25F3N8O/c1-13(2)30-19-8-14(21-16(10-29-34(21)4)22-32-28-12-33(22)3)9-20(31-19)35-11-17-15(23(35)36)6-5-7-18(17)24(25,26)27/h5-10,12-13,23,36H,11H2,1-4H3,(H,30,31). The minimum atomic E-state index is -4.53. The van der Waals surface area contributed by atoms with Crippen LogP contribution < -0.4 is 10.2 Å². The van der Waals surface area contributed by atoms with Crippen LogP contribution in [0.3, 0.4) is 0 Å². The zero-order valence-corrected chi connectivity index (χ0v) is 20.1. The van der Waals surface area contributed by atoms with Gasteiger partial charge in [-0.3, -0.25) is 4.68 Å². The minimum absolute atomic E-state index is 0.0443. The monoisotopic (exact) mass is 498 g/mol. The lowest BCUT2D eigenvalue weighted by molar-refractivity contribution is -0.138. The Hall–Kier alpha value is -3.93. The van der Waals surface area contributed by atoms with Crippen LogP contribution in [-0.2, 0) is 26.8 Å². The van der Waals surface area contributed by atoms with Gasteiger partial charge < -0.3 is 19.9 Å². The Labute approximate surface area is 205 Å². The summed E-state index contributed by atoms with van der Waals surface area (Å²) in [5, 5.41) is 26.9. The number of nitrogens with zero attached hydrogens (tertiary/aromatic N) is 7. The molecular weight excluding hydrogens is 473 g/mol. The fourth-order valence-corrected chi connectivity index (χ4v) is 4.56. The summed E-state index contributed by atoms with van der Waals surface area (Å²) in [6.07, 6.45) is -2.53. The van der Waals surface area contributed by atoms with Gasteiger partial charge in [0, 0.05) is 37.8 Å². The van der Waals surface area contributed by atoms with Gasteiger partial charge in [-0.1, -0.05) is 12.1 Å². The third-order valence-corrected chi connectivity index (χ3v) is 6.13. The van der Waals surface area contributed by atoms with Gasteiger partial charge in [0.2, 0.25) is 0 Å². The largest absolute Gasteiger partial charge is 0.416 e. The predicted octanol–water partition coefficient (Wildman–Crippen LogP) is 4.13. The first kappa shape index (κ1) is 23.8. The Kier molecular flexibility index (Phi) is 5.70. The van der Waals surface area contributed by atoms with E-state index in [4.69, 9.17) is 0 Å². The maximum Gasteiger partial charge on any atom is 0.416 e. The SMILES string of the molecule is CC(C)Nc1cc(-c2c(-c3nncn3C)cnn2C)cc(N2Cc3c(cccc3C(F)(F)F)C2O)n1. The second kappa shape index (κ2) is 8.63. The zero-order chi connectivity index (χ0) is 25.8. The molecule has 3 aromatic heterocycles. The first-order valence-corrected chi connectivity index (χ1v) is 11.3. The van der Waals surface area contributed by atoms with E-state index >= 15 is 0 Å². The first-order chi connectivity index (χ1) is 17.0. The van der Waals surface area contributed by atoms with Gasteiger partial charge in [0.25, 0.3) is 0 Å². The fourth-order valence-electron chi connectivity index (χ4n) is 4.56. The Morgan fingerprint density at radius 3 is 2.61 bits per heavy atom. The third-order valence-electron chi connectivity index (χ3n) is 6.13. The van der Waals surface area contributed by atoms with Crippen LogP contribution in [0, 0.1) is 0 Å². The summed E-state index contributed by atoms with van der Waals surface area (Å²) in [5.74, 6) is 1.46. The summed E-state index contributed by atoms with van der Waals surface area (Å²) in [6, 6.07) is 7.49. The molecule has 0 aliphatic carbocycles. The van der Waals surface area contributed by atoms with Crippen molar-refractivity contribution in [2.75, 3.05) is 10.2 Å². The number of nitrogens with one attached hydrogen (secondary N) is 1. The number of rotatable bonds is 5. The van der Waals surface area contributed by atoms with Crippen LogP contribution in [0.15, 0.2) is 42.9 Å². The molecule has 1 aromatic carbocycles. The minimum Gasteiger partial charge on any atom is -0.369 e. The molecule has 4 heterocycles. The van der Waals surface area contributed by atoms with Gasteiger partial charge in [0.15, 0.2) is 12.1 Å². The Bertz CT molecular complexity index is 1430. The quantitative estimate of drug-likeness (QED) is 0.427. The van der Waals surface area contributed by atoms with Gasteiger partial charge in [0.1, 0.15) is 18.0 Å². The normalized spacial score (nSPS) is 15.6. The number of aromatic nitrogens is 6. The number of hydrogen-bond donors (Lipinski definition) is 2. The molecule has 0 radical (unpaired) electrons. The van der Waals surface area contributed by atoms with Crippen molar-refractivity contribution < 1.29 is 18.3 Å². The van der Waals surface area contributed by atoms with Crippen molar-refractivity contribution in [3.63, 3.8) is 0 Å². The van der Waals surface area contributed by atoms with Gasteiger partial charge in [-0.15, -0.1) is 10.2 Å². The molecule has 12 heteroatoms. The third kappa shape index (κ3) is 4.06. The second-order valence-corrected chi connectivity index (χ2v) is 9.07. The lowest BCUT2D eigenvalue weighted by Crippen LogP contribution is -2.23. The molecule has 9 nitrogen and oxygen atoms in total. The van der Waals surface area contributed by atoms with Crippen molar-refractivity contribution in [3.8, 4) is 22.6 Å². The van der Waals surface area contributed by atoms with Crippen LogP contribution in [0.2, 0.25) is 0 Å². The Balaban J connectivity index is 1.64. The molecule has 2 N–H and O–H groups in total. The number of halogens is 3. The number of anilines is 2. The van der Waals surface area contributed by atoms with Crippen LogP contribution in [0.5, 0.6) is 0 Å². The summed E-state index contributed by atoms with van der Waals surface area (Å²) in [6.45, 7) is 3.78. The molecule has 188 valence electrons. The van der Waals surface area contributed by atoms with E-state index < -0.39 is 18.0 Å². The van der Waals surface area contributed by atoms with Crippen molar-refractivity contribution in [3.05, 3.63) is 59.5 Å². The van der Waals surface area contributed by atoms with E-state index in [9.17, 15) is 18.3 Å². The van der Waals surface area contributed by atoms with E-state index in [1.807, 2.05) is 27.0 Å². The average molecular weight is 499 g/mol. The number of pyridine rings is 1. The number of hydrogen-bond acceptors (Lipinski definition) is 7. The molecule has 0 bridgehead atoms. The number of aryl methyl sites for hydroxylation is 2. The molecule has 4 aromatic rings. The molecule has 1 aliphatic rings. The van der Waals surface area contributed by atoms with Crippen LogP contribution in [-0.4, -0.2) is 40.7 Å². The van der Waals surface area contributed by atoms with Crippen LogP contribution in [0.25, 0.3) is 22.6 Å². The van der Waals surface area contributed by atoms with Crippen LogP contribution in [0.1, 0.15) is 36.8 Å². The lowest BCUT2D eigenvalue weighted by atomic mass is 10.0. The van der Waals surface area contributed by atoms with Gasteiger partial charge >= 0.3 is 6.18 Å². The van der Waals surface area contributed by atoms with Gasteiger partial charge in [0.05, 0.1) is 23.0 Å². The van der Waals surface area contributed by atoms with Gasteiger partial charge in [-0.2, -0.15) is 18.3 Å². The highest BCUT2D eigenvalue weighted by molar-refractivity contribution is 5.80. The van der Waals surface area contributed by atoms with Crippen molar-refractivity contribution in [2.24, 2.45) is 14.1 Å². The maximum absolute atomic E-state index is 13.7. The molecule has 5 rings (SSSR count). The van der Waals surface area contributed by atoms with Crippen molar-refractivity contribution in [1.82, 2.24) is 29.5 Å². The highest BCUT2D eigenvalue weighted by Gasteiger charge is 2.40. The van der Waals surface area contributed by atoms with E-state index in [-0.39, 0.29) is 23.7 Å². The van der Waals surface area contributed by atoms with E-state index in [1.54, 1.807) is 34.9 Å². The highest BCUT2D eigenvalue weighted by Crippen LogP contribution is 2.43. The topological polar surface area (TPSA) is 96.9 Å². The van der Waals surface area contributed by atoms with Gasteiger partial charge in [-0.05, 0) is 37.6 Å². The van der Waals surface area contributed by atoms with E-state index in [1.165, 1.54) is 17.0 Å². The number of fused-ring (bicyclic) bond motifs is 1. The summed E-state index contributed by atoms with van der Waals surface area (Å²) in [5.41, 5.74) is 1.67.